The van der Waals surface area contributed by atoms with E-state index >= 15 is 0 Å². The molecule has 3 heteroatoms. The highest BCUT2D eigenvalue weighted by atomic mass is 15.3. The van der Waals surface area contributed by atoms with E-state index in [1.807, 2.05) is 23.9 Å². The zero-order valence-corrected chi connectivity index (χ0v) is 9.04. The molecule has 0 bridgehead atoms. The summed E-state index contributed by atoms with van der Waals surface area (Å²) < 4.78 is 1.92. The molecular formula is C11H17N3. The van der Waals surface area contributed by atoms with E-state index < -0.39 is 0 Å². The second-order valence-corrected chi connectivity index (χ2v) is 3.44. The fourth-order valence-corrected chi connectivity index (χ4v) is 1.12. The summed E-state index contributed by atoms with van der Waals surface area (Å²) in [5.41, 5.74) is 1.18. The van der Waals surface area contributed by atoms with Gasteiger partial charge in [0.15, 0.2) is 0 Å². The normalized spacial score (nSPS) is 10.0. The van der Waals surface area contributed by atoms with Crippen molar-refractivity contribution in [2.45, 2.75) is 39.9 Å². The van der Waals surface area contributed by atoms with Gasteiger partial charge >= 0.3 is 0 Å². The molecule has 0 atom stereocenters. The first kappa shape index (κ1) is 10.8. The summed E-state index contributed by atoms with van der Waals surface area (Å²) >= 11 is 0. The number of rotatable bonds is 4. The molecule has 76 valence electrons. The lowest BCUT2D eigenvalue weighted by atomic mass is 10.3. The van der Waals surface area contributed by atoms with Crippen molar-refractivity contribution in [1.82, 2.24) is 15.1 Å². The van der Waals surface area contributed by atoms with Gasteiger partial charge in [0, 0.05) is 18.8 Å². The van der Waals surface area contributed by atoms with Crippen molar-refractivity contribution in [3.8, 4) is 11.8 Å². The monoisotopic (exact) mass is 191 g/mol. The van der Waals surface area contributed by atoms with Gasteiger partial charge in [0.1, 0.15) is 6.54 Å². The van der Waals surface area contributed by atoms with Crippen LogP contribution in [0.2, 0.25) is 0 Å². The van der Waals surface area contributed by atoms with Crippen LogP contribution in [-0.2, 0) is 13.1 Å². The summed E-state index contributed by atoms with van der Waals surface area (Å²) in [6, 6.07) is 2.52. The Kier molecular flexibility index (Phi) is 4.21. The maximum Gasteiger partial charge on any atom is 0.102 e. The summed E-state index contributed by atoms with van der Waals surface area (Å²) in [4.78, 5) is 0. The van der Waals surface area contributed by atoms with Crippen molar-refractivity contribution in [1.29, 1.82) is 0 Å². The highest BCUT2D eigenvalue weighted by molar-refractivity contribution is 5.04. The summed E-state index contributed by atoms with van der Waals surface area (Å²) in [5, 5.41) is 7.56. The quantitative estimate of drug-likeness (QED) is 0.729. The second kappa shape index (κ2) is 5.46. The van der Waals surface area contributed by atoms with Crippen molar-refractivity contribution in [2.75, 3.05) is 0 Å². The molecule has 0 aliphatic heterocycles. The summed E-state index contributed by atoms with van der Waals surface area (Å²) in [7, 11) is 0. The van der Waals surface area contributed by atoms with Gasteiger partial charge in [0.05, 0.1) is 5.69 Å². The van der Waals surface area contributed by atoms with Crippen molar-refractivity contribution >= 4 is 0 Å². The molecule has 1 aromatic rings. The van der Waals surface area contributed by atoms with Crippen LogP contribution in [0, 0.1) is 11.8 Å². The van der Waals surface area contributed by atoms with Crippen molar-refractivity contribution in [3.05, 3.63) is 18.0 Å². The third kappa shape index (κ3) is 3.23. The van der Waals surface area contributed by atoms with E-state index in [1.54, 1.807) is 0 Å². The van der Waals surface area contributed by atoms with Gasteiger partial charge in [-0.15, -0.1) is 5.92 Å². The molecule has 1 N–H and O–H groups in total. The number of hydrogen-bond acceptors (Lipinski definition) is 2. The van der Waals surface area contributed by atoms with Crippen molar-refractivity contribution in [3.63, 3.8) is 0 Å². The summed E-state index contributed by atoms with van der Waals surface area (Å²) in [5.74, 6) is 5.87. The first-order chi connectivity index (χ1) is 6.74. The smallest absolute Gasteiger partial charge is 0.102 e. The van der Waals surface area contributed by atoms with Crippen molar-refractivity contribution in [2.24, 2.45) is 0 Å². The Hall–Kier alpha value is -1.27. The first-order valence-electron chi connectivity index (χ1n) is 4.87. The van der Waals surface area contributed by atoms with E-state index in [0.29, 0.717) is 12.6 Å². The van der Waals surface area contributed by atoms with Crippen LogP contribution in [0.4, 0.5) is 0 Å². The Morgan fingerprint density at radius 2 is 2.36 bits per heavy atom. The van der Waals surface area contributed by atoms with Gasteiger partial charge in [-0.3, -0.25) is 4.68 Å². The zero-order chi connectivity index (χ0) is 10.4. The fourth-order valence-electron chi connectivity index (χ4n) is 1.12. The maximum atomic E-state index is 4.21. The van der Waals surface area contributed by atoms with E-state index in [0.717, 1.165) is 6.54 Å². The highest BCUT2D eigenvalue weighted by Gasteiger charge is 2.01. The molecule has 0 saturated carbocycles. The highest BCUT2D eigenvalue weighted by Crippen LogP contribution is 1.98. The van der Waals surface area contributed by atoms with Crippen LogP contribution in [0.1, 0.15) is 26.5 Å². The predicted molar refractivity (Wildman–Crippen MR) is 57.7 cm³/mol. The zero-order valence-electron chi connectivity index (χ0n) is 9.04. The largest absolute Gasteiger partial charge is 0.309 e. The minimum Gasteiger partial charge on any atom is -0.309 e. The lowest BCUT2D eigenvalue weighted by molar-refractivity contribution is 0.552. The third-order valence-corrected chi connectivity index (χ3v) is 1.90. The second-order valence-electron chi connectivity index (χ2n) is 3.44. The van der Waals surface area contributed by atoms with Crippen LogP contribution < -0.4 is 5.32 Å². The van der Waals surface area contributed by atoms with Gasteiger partial charge in [0.25, 0.3) is 0 Å². The van der Waals surface area contributed by atoms with Crippen LogP contribution in [0.3, 0.4) is 0 Å². The number of nitrogens with one attached hydrogen (secondary N) is 1. The lowest BCUT2D eigenvalue weighted by Crippen LogP contribution is -2.23. The Bertz CT molecular complexity index is 328. The van der Waals surface area contributed by atoms with Gasteiger partial charge < -0.3 is 5.32 Å². The first-order valence-corrected chi connectivity index (χ1v) is 4.87. The molecule has 0 amide bonds. The van der Waals surface area contributed by atoms with Gasteiger partial charge in [0.2, 0.25) is 0 Å². The topological polar surface area (TPSA) is 29.9 Å². The number of nitrogens with zero attached hydrogens (tertiary/aromatic N) is 2. The molecule has 0 saturated heterocycles. The Balaban J connectivity index is 2.56. The molecule has 3 nitrogen and oxygen atoms in total. The third-order valence-electron chi connectivity index (χ3n) is 1.90. The fraction of sp³-hybridized carbons (Fsp3) is 0.545. The van der Waals surface area contributed by atoms with E-state index in [2.05, 4.69) is 36.1 Å². The van der Waals surface area contributed by atoms with Crippen LogP contribution in [0.15, 0.2) is 12.3 Å². The Morgan fingerprint density at radius 1 is 1.57 bits per heavy atom. The van der Waals surface area contributed by atoms with Crippen LogP contribution in [0.25, 0.3) is 0 Å². The van der Waals surface area contributed by atoms with Crippen LogP contribution in [-0.4, -0.2) is 15.8 Å². The molecule has 14 heavy (non-hydrogen) atoms. The molecule has 0 aliphatic carbocycles. The average Bonchev–Trinajstić information content (AvgIpc) is 2.58. The summed E-state index contributed by atoms with van der Waals surface area (Å²) in [6.45, 7) is 7.64. The molecule has 0 fully saturated rings. The molecule has 0 radical (unpaired) electrons. The molecule has 0 aromatic carbocycles. The van der Waals surface area contributed by atoms with Gasteiger partial charge in [-0.2, -0.15) is 5.10 Å². The summed E-state index contributed by atoms with van der Waals surface area (Å²) in [6.07, 6.45) is 1.81. The van der Waals surface area contributed by atoms with Crippen LogP contribution in [0.5, 0.6) is 0 Å². The lowest BCUT2D eigenvalue weighted by Gasteiger charge is -2.08. The molecule has 0 spiro atoms. The SMILES string of the molecule is CC#CCn1nccc1CNC(C)C. The van der Waals surface area contributed by atoms with E-state index in [9.17, 15) is 0 Å². The molecule has 1 heterocycles. The van der Waals surface area contributed by atoms with E-state index in [4.69, 9.17) is 0 Å². The van der Waals surface area contributed by atoms with Gasteiger partial charge in [-0.05, 0) is 13.0 Å². The minimum atomic E-state index is 0.496. The van der Waals surface area contributed by atoms with Gasteiger partial charge in [-0.1, -0.05) is 19.8 Å². The Labute approximate surface area is 85.5 Å². The average molecular weight is 191 g/mol. The van der Waals surface area contributed by atoms with Crippen molar-refractivity contribution < 1.29 is 0 Å². The maximum absolute atomic E-state index is 4.21. The predicted octanol–water partition coefficient (Wildman–Crippen LogP) is 1.40. The molecular weight excluding hydrogens is 174 g/mol. The minimum absolute atomic E-state index is 0.496. The van der Waals surface area contributed by atoms with E-state index in [-0.39, 0.29) is 0 Å². The molecule has 0 aliphatic rings. The molecule has 0 unspecified atom stereocenters. The Morgan fingerprint density at radius 3 is 3.00 bits per heavy atom. The van der Waals surface area contributed by atoms with E-state index in [1.165, 1.54) is 5.69 Å². The van der Waals surface area contributed by atoms with Gasteiger partial charge in [-0.25, -0.2) is 0 Å². The number of hydrogen-bond donors (Lipinski definition) is 1. The van der Waals surface area contributed by atoms with Crippen LogP contribution >= 0.6 is 0 Å². The molecule has 1 rings (SSSR count). The standard InChI is InChI=1S/C11H17N3/c1-4-5-8-14-11(6-7-13-14)9-12-10(2)3/h6-7,10,12H,8-9H2,1-3H3. The number of aromatic nitrogens is 2. The molecule has 1 aromatic heterocycles.